The second-order valence-electron chi connectivity index (χ2n) is 7.23. The number of anilines is 1. The van der Waals surface area contributed by atoms with Gasteiger partial charge in [-0.3, -0.25) is 9.59 Å². The van der Waals surface area contributed by atoms with Crippen molar-refractivity contribution in [2.45, 2.75) is 30.7 Å². The molecule has 2 bridgehead atoms. The lowest BCUT2D eigenvalue weighted by Crippen LogP contribution is -2.48. The Morgan fingerprint density at radius 1 is 1.07 bits per heavy atom. The average molecular weight is 387 g/mol. The molecule has 8 heteroatoms. The van der Waals surface area contributed by atoms with Crippen LogP contribution in [0.2, 0.25) is 0 Å². The molecule has 1 aromatic carbocycles. The third-order valence-corrected chi connectivity index (χ3v) is 7.10. The molecular weight excluding hydrogens is 366 g/mol. The minimum atomic E-state index is -3.63. The van der Waals surface area contributed by atoms with Crippen molar-refractivity contribution in [3.63, 3.8) is 0 Å². The van der Waals surface area contributed by atoms with Crippen molar-refractivity contribution < 1.29 is 13.2 Å². The minimum absolute atomic E-state index is 0.0212. The normalized spacial score (nSPS) is 22.1. The van der Waals surface area contributed by atoms with Gasteiger partial charge in [0.2, 0.25) is 15.9 Å². The number of amides is 1. The first-order chi connectivity index (χ1) is 12.8. The van der Waals surface area contributed by atoms with Crippen LogP contribution in [0, 0.1) is 5.92 Å². The van der Waals surface area contributed by atoms with Gasteiger partial charge in [-0.1, -0.05) is 6.07 Å². The fraction of sp³-hybridized carbons (Fsp3) is 0.368. The van der Waals surface area contributed by atoms with Crippen molar-refractivity contribution in [2.75, 3.05) is 18.4 Å². The molecule has 2 aromatic rings. The zero-order valence-electron chi connectivity index (χ0n) is 15.0. The van der Waals surface area contributed by atoms with Crippen molar-refractivity contribution in [1.29, 1.82) is 0 Å². The van der Waals surface area contributed by atoms with E-state index in [1.165, 1.54) is 23.4 Å². The van der Waals surface area contributed by atoms with Gasteiger partial charge < -0.3 is 9.88 Å². The Morgan fingerprint density at radius 2 is 1.81 bits per heavy atom. The number of hydrogen-bond donors (Lipinski definition) is 1. The number of hydrogen-bond acceptors (Lipinski definition) is 4. The highest BCUT2D eigenvalue weighted by Crippen LogP contribution is 2.37. The molecule has 0 saturated carbocycles. The van der Waals surface area contributed by atoms with Crippen molar-refractivity contribution in [3.8, 4) is 0 Å². The first-order valence-corrected chi connectivity index (χ1v) is 10.4. The Kier molecular flexibility index (Phi) is 4.39. The SMILES string of the molecule is CC(=O)Nc1ccc(S(=O)(=O)N2CC3C[C@H](C2)c2cccc(=O)n2C3)cc1. The number of carbonyl (C=O) groups excluding carboxylic acids is 1. The summed E-state index contributed by atoms with van der Waals surface area (Å²) in [5.41, 5.74) is 1.46. The second kappa shape index (κ2) is 6.61. The smallest absolute Gasteiger partial charge is 0.250 e. The molecule has 1 unspecified atom stereocenters. The summed E-state index contributed by atoms with van der Waals surface area (Å²) < 4.78 is 29.5. The van der Waals surface area contributed by atoms with Crippen molar-refractivity contribution >= 4 is 21.6 Å². The number of nitrogens with zero attached hydrogens (tertiary/aromatic N) is 2. The molecule has 2 atom stereocenters. The third kappa shape index (κ3) is 3.30. The van der Waals surface area contributed by atoms with Gasteiger partial charge in [-0.05, 0) is 42.7 Å². The summed E-state index contributed by atoms with van der Waals surface area (Å²) in [6, 6.07) is 11.4. The lowest BCUT2D eigenvalue weighted by molar-refractivity contribution is -0.114. The molecule has 1 amide bonds. The van der Waals surface area contributed by atoms with Crippen LogP contribution in [0.1, 0.15) is 25.0 Å². The molecule has 2 aliphatic heterocycles. The Hall–Kier alpha value is -2.45. The predicted molar refractivity (Wildman–Crippen MR) is 101 cm³/mol. The van der Waals surface area contributed by atoms with Crippen LogP contribution in [-0.4, -0.2) is 36.3 Å². The topological polar surface area (TPSA) is 88.5 Å². The van der Waals surface area contributed by atoms with Crippen LogP contribution in [0.15, 0.2) is 52.2 Å². The fourth-order valence-corrected chi connectivity index (χ4v) is 5.67. The molecule has 0 spiro atoms. The standard InChI is InChI=1S/C19H21N3O4S/c1-13(23)20-16-5-7-17(8-6-16)27(25,26)21-10-14-9-15(12-21)18-3-2-4-19(24)22(18)11-14/h2-8,14-15H,9-12H2,1H3,(H,20,23)/t14?,15-/m1/s1. The number of sulfonamides is 1. The van der Waals surface area contributed by atoms with E-state index in [0.717, 1.165) is 12.1 Å². The number of benzene rings is 1. The molecule has 1 aromatic heterocycles. The summed E-state index contributed by atoms with van der Waals surface area (Å²) in [6.07, 6.45) is 0.900. The van der Waals surface area contributed by atoms with Crippen molar-refractivity contribution in [1.82, 2.24) is 8.87 Å². The highest BCUT2D eigenvalue weighted by atomic mass is 32.2. The summed E-state index contributed by atoms with van der Waals surface area (Å²) in [5, 5.41) is 2.63. The van der Waals surface area contributed by atoms with E-state index in [1.54, 1.807) is 28.8 Å². The average Bonchev–Trinajstić information content (AvgIpc) is 2.62. The zero-order valence-corrected chi connectivity index (χ0v) is 15.8. The highest BCUT2D eigenvalue weighted by Gasteiger charge is 2.39. The Labute approximate surface area is 157 Å². The molecule has 0 aliphatic carbocycles. The number of aromatic nitrogens is 1. The number of carbonyl (C=O) groups is 1. The van der Waals surface area contributed by atoms with Crippen LogP contribution in [0.4, 0.5) is 5.69 Å². The molecule has 3 heterocycles. The van der Waals surface area contributed by atoms with Crippen LogP contribution in [-0.2, 0) is 21.4 Å². The van der Waals surface area contributed by atoms with Crippen LogP contribution >= 0.6 is 0 Å². The molecule has 4 rings (SSSR count). The van der Waals surface area contributed by atoms with Gasteiger partial charge in [-0.25, -0.2) is 8.42 Å². The van der Waals surface area contributed by atoms with Crippen molar-refractivity contribution in [3.05, 3.63) is 58.5 Å². The van der Waals surface area contributed by atoms with Gasteiger partial charge in [0, 0.05) is 49.9 Å². The molecule has 0 radical (unpaired) electrons. The minimum Gasteiger partial charge on any atom is -0.326 e. The van der Waals surface area contributed by atoms with E-state index in [-0.39, 0.29) is 28.2 Å². The van der Waals surface area contributed by atoms with Gasteiger partial charge in [0.1, 0.15) is 0 Å². The number of nitrogens with one attached hydrogen (secondary N) is 1. The van der Waals surface area contributed by atoms with E-state index < -0.39 is 10.0 Å². The van der Waals surface area contributed by atoms with Crippen LogP contribution in [0.25, 0.3) is 0 Å². The molecule has 1 fully saturated rings. The highest BCUT2D eigenvalue weighted by molar-refractivity contribution is 7.89. The maximum atomic E-state index is 13.1. The van der Waals surface area contributed by atoms with E-state index >= 15 is 0 Å². The van der Waals surface area contributed by atoms with E-state index in [9.17, 15) is 18.0 Å². The summed E-state index contributed by atoms with van der Waals surface area (Å²) in [7, 11) is -3.63. The van der Waals surface area contributed by atoms with E-state index in [0.29, 0.717) is 25.3 Å². The molecule has 2 aliphatic rings. The maximum absolute atomic E-state index is 13.1. The van der Waals surface area contributed by atoms with E-state index in [1.807, 2.05) is 6.07 Å². The van der Waals surface area contributed by atoms with Crippen LogP contribution in [0.3, 0.4) is 0 Å². The van der Waals surface area contributed by atoms with Crippen LogP contribution in [0.5, 0.6) is 0 Å². The molecular formula is C19H21N3O4S. The molecule has 1 saturated heterocycles. The predicted octanol–water partition coefficient (Wildman–Crippen LogP) is 1.61. The van der Waals surface area contributed by atoms with Crippen LogP contribution < -0.4 is 10.9 Å². The number of pyridine rings is 1. The van der Waals surface area contributed by atoms with Gasteiger partial charge in [0.15, 0.2) is 0 Å². The van der Waals surface area contributed by atoms with Crippen molar-refractivity contribution in [2.24, 2.45) is 5.92 Å². The monoisotopic (exact) mass is 387 g/mol. The summed E-state index contributed by atoms with van der Waals surface area (Å²) >= 11 is 0. The lowest BCUT2D eigenvalue weighted by Gasteiger charge is -2.42. The number of rotatable bonds is 3. The van der Waals surface area contributed by atoms with Gasteiger partial charge in [-0.15, -0.1) is 0 Å². The molecule has 1 N–H and O–H groups in total. The quantitative estimate of drug-likeness (QED) is 0.867. The largest absolute Gasteiger partial charge is 0.326 e. The van der Waals surface area contributed by atoms with E-state index in [2.05, 4.69) is 5.32 Å². The number of piperidine rings is 1. The van der Waals surface area contributed by atoms with Gasteiger partial charge >= 0.3 is 0 Å². The first kappa shape index (κ1) is 17.9. The summed E-state index contributed by atoms with van der Waals surface area (Å²) in [4.78, 5) is 23.4. The Balaban J connectivity index is 1.61. The Morgan fingerprint density at radius 3 is 2.52 bits per heavy atom. The summed E-state index contributed by atoms with van der Waals surface area (Å²) in [6.45, 7) is 2.74. The lowest BCUT2D eigenvalue weighted by atomic mass is 9.84. The van der Waals surface area contributed by atoms with Gasteiger partial charge in [-0.2, -0.15) is 4.31 Å². The number of fused-ring (bicyclic) bond motifs is 4. The summed E-state index contributed by atoms with van der Waals surface area (Å²) in [5.74, 6) is -0.0482. The molecule has 27 heavy (non-hydrogen) atoms. The fourth-order valence-electron chi connectivity index (χ4n) is 4.11. The molecule has 7 nitrogen and oxygen atoms in total. The van der Waals surface area contributed by atoms with Gasteiger partial charge in [0.25, 0.3) is 5.56 Å². The van der Waals surface area contributed by atoms with E-state index in [4.69, 9.17) is 0 Å². The molecule has 142 valence electrons. The van der Waals surface area contributed by atoms with Gasteiger partial charge in [0.05, 0.1) is 4.90 Å². The second-order valence-corrected chi connectivity index (χ2v) is 9.16. The first-order valence-electron chi connectivity index (χ1n) is 8.92. The zero-order chi connectivity index (χ0) is 19.2. The third-order valence-electron chi connectivity index (χ3n) is 5.26. The Bertz CT molecular complexity index is 1040. The maximum Gasteiger partial charge on any atom is 0.250 e.